The first-order chi connectivity index (χ1) is 12.3. The Labute approximate surface area is 163 Å². The van der Waals surface area contributed by atoms with Crippen molar-refractivity contribution in [3.05, 3.63) is 29.3 Å². The molecule has 1 aliphatic heterocycles. The number of carbonyl (C=O) groups excluding carboxylic acids is 1. The maximum absolute atomic E-state index is 13.0. The molecule has 1 unspecified atom stereocenters. The first-order valence-electron chi connectivity index (χ1n) is 8.27. The molecule has 0 aliphatic carbocycles. The summed E-state index contributed by atoms with van der Waals surface area (Å²) in [6.45, 7) is 6.20. The van der Waals surface area contributed by atoms with Crippen LogP contribution >= 0.6 is 11.6 Å². The molecule has 0 radical (unpaired) electrons. The van der Waals surface area contributed by atoms with Crippen LogP contribution in [0.15, 0.2) is 29.2 Å². The molecule has 8 nitrogen and oxygen atoms in total. The average Bonchev–Trinajstić information content (AvgIpc) is 2.84. The third-order valence-electron chi connectivity index (χ3n) is 4.15. The lowest BCUT2D eigenvalue weighted by molar-refractivity contribution is -0.146. The molecule has 10 heteroatoms. The van der Waals surface area contributed by atoms with Gasteiger partial charge in [0.2, 0.25) is 10.0 Å². The van der Waals surface area contributed by atoms with Gasteiger partial charge in [-0.3, -0.25) is 4.79 Å². The van der Waals surface area contributed by atoms with E-state index in [0.29, 0.717) is 0 Å². The topological polar surface area (TPSA) is 113 Å². The Kier molecular flexibility index (Phi) is 5.79. The molecule has 1 aliphatic rings. The minimum absolute atomic E-state index is 0.0959. The van der Waals surface area contributed by atoms with E-state index in [0.717, 1.165) is 4.31 Å². The van der Waals surface area contributed by atoms with Crippen LogP contribution in [0.25, 0.3) is 0 Å². The molecule has 1 aromatic carbocycles. The van der Waals surface area contributed by atoms with Crippen molar-refractivity contribution in [1.29, 1.82) is 0 Å². The van der Waals surface area contributed by atoms with Gasteiger partial charge in [-0.25, -0.2) is 13.2 Å². The molecule has 1 amide bonds. The number of hydrogen-bond donors (Lipinski definition) is 2. The zero-order chi connectivity index (χ0) is 20.6. The number of ether oxygens (including phenoxy) is 1. The third kappa shape index (κ3) is 4.72. The number of sulfonamides is 1. The number of aliphatic carboxylic acids is 1. The van der Waals surface area contributed by atoms with Crippen molar-refractivity contribution in [2.75, 3.05) is 6.54 Å². The van der Waals surface area contributed by atoms with Crippen molar-refractivity contribution in [1.82, 2.24) is 9.62 Å². The Bertz CT molecular complexity index is 851. The molecule has 1 aromatic rings. The lowest BCUT2D eigenvalue weighted by Gasteiger charge is -2.29. The number of hydrogen-bond acceptors (Lipinski definition) is 5. The number of carboxylic acid groups (broad SMARTS) is 1. The second-order valence-electron chi connectivity index (χ2n) is 7.62. The monoisotopic (exact) mass is 418 g/mol. The van der Waals surface area contributed by atoms with Gasteiger partial charge in [0.25, 0.3) is 0 Å². The van der Waals surface area contributed by atoms with E-state index in [1.165, 1.54) is 31.2 Å². The summed E-state index contributed by atoms with van der Waals surface area (Å²) in [6, 6.07) is 4.88. The summed E-state index contributed by atoms with van der Waals surface area (Å²) in [6.07, 6.45) is -0.830. The van der Waals surface area contributed by atoms with Gasteiger partial charge in [0.05, 0.1) is 4.90 Å². The van der Waals surface area contributed by atoms with E-state index >= 15 is 0 Å². The van der Waals surface area contributed by atoms with E-state index in [2.05, 4.69) is 5.32 Å². The van der Waals surface area contributed by atoms with Crippen LogP contribution in [0.1, 0.15) is 34.1 Å². The smallest absolute Gasteiger partial charge is 0.407 e. The predicted octanol–water partition coefficient (Wildman–Crippen LogP) is 2.47. The number of alkyl carbamates (subject to hydrolysis) is 1. The van der Waals surface area contributed by atoms with Crippen molar-refractivity contribution in [2.45, 2.75) is 56.2 Å². The summed E-state index contributed by atoms with van der Waals surface area (Å²) >= 11 is 5.88. The Morgan fingerprint density at radius 3 is 2.52 bits per heavy atom. The Morgan fingerprint density at radius 1 is 1.37 bits per heavy atom. The van der Waals surface area contributed by atoms with Crippen LogP contribution in [0.3, 0.4) is 0 Å². The molecule has 1 fully saturated rings. The van der Waals surface area contributed by atoms with Crippen molar-refractivity contribution in [3.63, 3.8) is 0 Å². The van der Waals surface area contributed by atoms with Gasteiger partial charge < -0.3 is 15.2 Å². The molecular weight excluding hydrogens is 396 g/mol. The van der Waals surface area contributed by atoms with Gasteiger partial charge in [-0.15, -0.1) is 0 Å². The van der Waals surface area contributed by atoms with Crippen LogP contribution in [-0.2, 0) is 19.6 Å². The molecule has 0 aromatic heterocycles. The first-order valence-corrected chi connectivity index (χ1v) is 10.1. The zero-order valence-corrected chi connectivity index (χ0v) is 17.1. The van der Waals surface area contributed by atoms with Crippen LogP contribution < -0.4 is 5.32 Å². The number of rotatable bonds is 4. The normalized spacial score (nSPS) is 23.8. The summed E-state index contributed by atoms with van der Waals surface area (Å²) in [7, 11) is -4.14. The van der Waals surface area contributed by atoms with E-state index in [1.54, 1.807) is 20.8 Å². The number of carboxylic acids is 1. The summed E-state index contributed by atoms with van der Waals surface area (Å²) < 4.78 is 32.1. The Hall–Kier alpha value is -1.84. The summed E-state index contributed by atoms with van der Waals surface area (Å²) in [5.74, 6) is -1.30. The molecule has 0 bridgehead atoms. The molecule has 0 saturated carbocycles. The van der Waals surface area contributed by atoms with Crippen LogP contribution in [0.4, 0.5) is 4.79 Å². The zero-order valence-electron chi connectivity index (χ0n) is 15.5. The van der Waals surface area contributed by atoms with Crippen molar-refractivity contribution < 1.29 is 27.9 Å². The molecular formula is C17H23ClN2O6S. The maximum atomic E-state index is 13.0. The first kappa shape index (κ1) is 21.5. The lowest BCUT2D eigenvalue weighted by atomic mass is 9.99. The highest BCUT2D eigenvalue weighted by atomic mass is 35.5. The molecule has 150 valence electrons. The molecule has 2 N–H and O–H groups in total. The van der Waals surface area contributed by atoms with E-state index in [9.17, 15) is 23.1 Å². The highest BCUT2D eigenvalue weighted by molar-refractivity contribution is 7.89. The molecule has 1 heterocycles. The number of benzene rings is 1. The minimum atomic E-state index is -4.14. The van der Waals surface area contributed by atoms with Crippen molar-refractivity contribution in [2.24, 2.45) is 0 Å². The van der Waals surface area contributed by atoms with Gasteiger partial charge in [-0.1, -0.05) is 17.7 Å². The van der Waals surface area contributed by atoms with E-state index in [4.69, 9.17) is 16.3 Å². The number of halogens is 1. The minimum Gasteiger partial charge on any atom is -0.480 e. The SMILES string of the molecule is CC(C)(C)OC(=O)N[C@H]1CN(S(=O)(=O)c2cccc(Cl)c2)C(C)(C(=O)O)C1. The number of carbonyl (C=O) groups is 2. The predicted molar refractivity (Wildman–Crippen MR) is 99.2 cm³/mol. The largest absolute Gasteiger partial charge is 0.480 e. The number of amides is 1. The molecule has 1 saturated heterocycles. The standard InChI is InChI=1S/C17H23ClN2O6S/c1-16(2,3)26-15(23)19-12-9-17(4,14(21)22)20(10-12)27(24,25)13-7-5-6-11(18)8-13/h5-8,12H,9-10H2,1-4H3,(H,19,23)(H,21,22)/t12-,17?/m1/s1. The summed E-state index contributed by atoms with van der Waals surface area (Å²) in [5.41, 5.74) is -2.45. The van der Waals surface area contributed by atoms with Gasteiger partial charge in [0.1, 0.15) is 11.1 Å². The van der Waals surface area contributed by atoms with Crippen molar-refractivity contribution >= 4 is 33.7 Å². The Balaban J connectivity index is 2.32. The average molecular weight is 419 g/mol. The Morgan fingerprint density at radius 2 is 2.00 bits per heavy atom. The summed E-state index contributed by atoms with van der Waals surface area (Å²) in [4.78, 5) is 23.8. The third-order valence-corrected chi connectivity index (χ3v) is 6.36. The quantitative estimate of drug-likeness (QED) is 0.776. The number of nitrogens with one attached hydrogen (secondary N) is 1. The van der Waals surface area contributed by atoms with E-state index in [-0.39, 0.29) is 22.9 Å². The number of nitrogens with zero attached hydrogens (tertiary/aromatic N) is 1. The highest BCUT2D eigenvalue weighted by Gasteiger charge is 2.54. The lowest BCUT2D eigenvalue weighted by Crippen LogP contribution is -2.50. The van der Waals surface area contributed by atoms with Gasteiger partial charge in [0.15, 0.2) is 0 Å². The van der Waals surface area contributed by atoms with Gasteiger partial charge in [0, 0.05) is 17.6 Å². The van der Waals surface area contributed by atoms with Crippen LogP contribution in [0, 0.1) is 0 Å². The van der Waals surface area contributed by atoms with Crippen molar-refractivity contribution in [3.8, 4) is 0 Å². The molecule has 2 rings (SSSR count). The van der Waals surface area contributed by atoms with E-state index < -0.39 is 39.3 Å². The van der Waals surface area contributed by atoms with Gasteiger partial charge in [-0.05, 0) is 52.3 Å². The fourth-order valence-corrected chi connectivity index (χ4v) is 5.03. The fraction of sp³-hybridized carbons (Fsp3) is 0.529. The molecule has 0 spiro atoms. The summed E-state index contributed by atoms with van der Waals surface area (Å²) in [5, 5.41) is 12.4. The van der Waals surface area contributed by atoms with Gasteiger partial charge >= 0.3 is 12.1 Å². The second-order valence-corrected chi connectivity index (χ2v) is 9.92. The van der Waals surface area contributed by atoms with Crippen LogP contribution in [-0.4, -0.2) is 53.6 Å². The second kappa shape index (κ2) is 7.29. The molecule has 27 heavy (non-hydrogen) atoms. The fourth-order valence-electron chi connectivity index (χ4n) is 2.93. The molecule has 2 atom stereocenters. The van der Waals surface area contributed by atoms with Crippen LogP contribution in [0.2, 0.25) is 5.02 Å². The van der Waals surface area contributed by atoms with E-state index in [1.807, 2.05) is 0 Å². The maximum Gasteiger partial charge on any atom is 0.407 e. The highest BCUT2D eigenvalue weighted by Crippen LogP contribution is 2.35. The van der Waals surface area contributed by atoms with Crippen LogP contribution in [0.5, 0.6) is 0 Å². The van der Waals surface area contributed by atoms with Gasteiger partial charge in [-0.2, -0.15) is 4.31 Å².